The molecular formula is C24H33N5O. The number of nitrogens with two attached hydrogens (primary N) is 1. The summed E-state index contributed by atoms with van der Waals surface area (Å²) in [5.41, 5.74) is 9.35. The molecule has 0 spiro atoms. The summed E-state index contributed by atoms with van der Waals surface area (Å²) in [6.45, 7) is 11.1. The van der Waals surface area contributed by atoms with Crippen LogP contribution in [0.1, 0.15) is 69.7 Å². The van der Waals surface area contributed by atoms with Crippen LogP contribution in [0, 0.1) is 0 Å². The number of nitrogens with zero attached hydrogens (tertiary/aromatic N) is 4. The molecule has 1 atom stereocenters. The number of unbranched alkanes of at least 4 members (excludes halogenated alkanes) is 2. The standard InChI is InChI=1S/C24H33N5O/c1-5-7-9-11-17(3)19(12-8-6-2)20-13-10-15-28(20)21-14-16-29-24(26-21)22(18(4)30)23(25)27-29/h6,8,12,14,16,20H,3,5,7,9-11,13,15H2,1-2,4H3,(H2,25,27)/b8-6-,19-12+. The molecule has 1 aliphatic rings. The molecule has 0 amide bonds. The highest BCUT2D eigenvalue weighted by Gasteiger charge is 2.30. The lowest BCUT2D eigenvalue weighted by Crippen LogP contribution is -2.32. The first-order valence-electron chi connectivity index (χ1n) is 10.9. The Hall–Kier alpha value is -2.89. The van der Waals surface area contributed by atoms with E-state index in [9.17, 15) is 4.79 Å². The van der Waals surface area contributed by atoms with E-state index in [1.807, 2.05) is 19.2 Å². The summed E-state index contributed by atoms with van der Waals surface area (Å²) in [6.07, 6.45) is 14.9. The average Bonchev–Trinajstić information content (AvgIpc) is 3.31. The van der Waals surface area contributed by atoms with Crippen molar-refractivity contribution >= 4 is 23.1 Å². The highest BCUT2D eigenvalue weighted by molar-refractivity contribution is 6.04. The van der Waals surface area contributed by atoms with Gasteiger partial charge >= 0.3 is 0 Å². The molecule has 30 heavy (non-hydrogen) atoms. The van der Waals surface area contributed by atoms with Crippen LogP contribution in [-0.4, -0.2) is 33.0 Å². The van der Waals surface area contributed by atoms with Gasteiger partial charge < -0.3 is 10.6 Å². The molecule has 6 heteroatoms. The maximum absolute atomic E-state index is 12.1. The van der Waals surface area contributed by atoms with Gasteiger partial charge in [0.1, 0.15) is 11.4 Å². The molecule has 0 aliphatic carbocycles. The van der Waals surface area contributed by atoms with Crippen LogP contribution in [0.2, 0.25) is 0 Å². The van der Waals surface area contributed by atoms with Crippen molar-refractivity contribution in [1.82, 2.24) is 14.6 Å². The van der Waals surface area contributed by atoms with Crippen molar-refractivity contribution < 1.29 is 4.79 Å². The molecule has 0 aromatic carbocycles. The summed E-state index contributed by atoms with van der Waals surface area (Å²) in [5, 5.41) is 4.22. The predicted octanol–water partition coefficient (Wildman–Crippen LogP) is 5.12. The number of hydrogen-bond acceptors (Lipinski definition) is 5. The number of fused-ring (bicyclic) bond motifs is 1. The van der Waals surface area contributed by atoms with Gasteiger partial charge in [-0.3, -0.25) is 4.79 Å². The lowest BCUT2D eigenvalue weighted by atomic mass is 9.93. The van der Waals surface area contributed by atoms with E-state index >= 15 is 0 Å². The van der Waals surface area contributed by atoms with E-state index in [4.69, 9.17) is 10.7 Å². The molecule has 3 rings (SSSR count). The monoisotopic (exact) mass is 407 g/mol. The molecule has 2 aromatic rings. The zero-order valence-corrected chi connectivity index (χ0v) is 18.4. The molecule has 0 radical (unpaired) electrons. The van der Waals surface area contributed by atoms with Crippen LogP contribution in [0.4, 0.5) is 11.6 Å². The minimum absolute atomic E-state index is 0.122. The smallest absolute Gasteiger partial charge is 0.170 e. The number of nitrogen functional groups attached to an aromatic ring is 1. The lowest BCUT2D eigenvalue weighted by molar-refractivity contribution is 0.102. The predicted molar refractivity (Wildman–Crippen MR) is 124 cm³/mol. The molecule has 0 bridgehead atoms. The summed E-state index contributed by atoms with van der Waals surface area (Å²) >= 11 is 0. The van der Waals surface area contributed by atoms with E-state index in [0.29, 0.717) is 11.2 Å². The second-order valence-corrected chi connectivity index (χ2v) is 7.93. The molecule has 1 aliphatic heterocycles. The van der Waals surface area contributed by atoms with Gasteiger partial charge in [-0.25, -0.2) is 9.50 Å². The number of Topliss-reactive ketones (excluding diaryl/α,β-unsaturated/α-hetero) is 1. The van der Waals surface area contributed by atoms with Crippen molar-refractivity contribution in [3.63, 3.8) is 0 Å². The Morgan fingerprint density at radius 3 is 2.90 bits per heavy atom. The highest BCUT2D eigenvalue weighted by Crippen LogP contribution is 2.33. The topological polar surface area (TPSA) is 76.5 Å². The van der Waals surface area contributed by atoms with E-state index in [0.717, 1.165) is 38.0 Å². The number of hydrogen-bond donors (Lipinski definition) is 1. The summed E-state index contributed by atoms with van der Waals surface area (Å²) in [7, 11) is 0. The molecule has 160 valence electrons. The minimum Gasteiger partial charge on any atom is -0.382 e. The minimum atomic E-state index is -0.122. The van der Waals surface area contributed by atoms with Crippen LogP contribution in [0.3, 0.4) is 0 Å². The zero-order valence-electron chi connectivity index (χ0n) is 18.4. The Balaban J connectivity index is 1.95. The molecule has 1 saturated heterocycles. The van der Waals surface area contributed by atoms with Gasteiger partial charge in [0, 0.05) is 12.7 Å². The number of allylic oxidation sites excluding steroid dienone is 3. The molecule has 1 fully saturated rings. The number of carbonyl (C=O) groups is 1. The number of ketones is 1. The van der Waals surface area contributed by atoms with Crippen molar-refractivity contribution in [3.05, 3.63) is 53.8 Å². The second-order valence-electron chi connectivity index (χ2n) is 7.93. The molecule has 0 saturated carbocycles. The van der Waals surface area contributed by atoms with E-state index in [1.54, 1.807) is 4.52 Å². The third-order valence-corrected chi connectivity index (χ3v) is 5.71. The number of aromatic nitrogens is 3. The molecular weight excluding hydrogens is 374 g/mol. The van der Waals surface area contributed by atoms with E-state index < -0.39 is 0 Å². The van der Waals surface area contributed by atoms with Crippen molar-refractivity contribution in [2.24, 2.45) is 0 Å². The van der Waals surface area contributed by atoms with Crippen molar-refractivity contribution in [1.29, 1.82) is 0 Å². The molecule has 6 nitrogen and oxygen atoms in total. The third-order valence-electron chi connectivity index (χ3n) is 5.71. The Bertz CT molecular complexity index is 985. The summed E-state index contributed by atoms with van der Waals surface area (Å²) in [4.78, 5) is 19.2. The van der Waals surface area contributed by atoms with Crippen molar-refractivity contribution in [2.75, 3.05) is 17.2 Å². The lowest BCUT2D eigenvalue weighted by Gasteiger charge is -2.29. The fourth-order valence-corrected chi connectivity index (χ4v) is 4.20. The van der Waals surface area contributed by atoms with Crippen molar-refractivity contribution in [3.8, 4) is 0 Å². The number of carbonyl (C=O) groups excluding carboxylic acids is 1. The summed E-state index contributed by atoms with van der Waals surface area (Å²) < 4.78 is 1.58. The fourth-order valence-electron chi connectivity index (χ4n) is 4.20. The molecule has 2 aromatic heterocycles. The zero-order chi connectivity index (χ0) is 21.7. The van der Waals surface area contributed by atoms with Crippen LogP contribution >= 0.6 is 0 Å². The maximum atomic E-state index is 12.1. The maximum Gasteiger partial charge on any atom is 0.170 e. The Kier molecular flexibility index (Phi) is 7.08. The Morgan fingerprint density at radius 2 is 2.20 bits per heavy atom. The van der Waals surface area contributed by atoms with Gasteiger partial charge in [-0.05, 0) is 56.7 Å². The average molecular weight is 408 g/mol. The molecule has 1 unspecified atom stereocenters. The summed E-state index contributed by atoms with van der Waals surface area (Å²) in [6, 6.07) is 2.18. The highest BCUT2D eigenvalue weighted by atomic mass is 16.1. The SMILES string of the molecule is C=C(CCCCC)/C(=C\C=C/C)C1CCCN1c1ccn2nc(N)c(C(C)=O)c2n1. The quantitative estimate of drug-likeness (QED) is 0.355. The van der Waals surface area contributed by atoms with Gasteiger partial charge in [-0.2, -0.15) is 0 Å². The first-order valence-corrected chi connectivity index (χ1v) is 10.9. The van der Waals surface area contributed by atoms with Gasteiger partial charge in [0.05, 0.1) is 6.04 Å². The van der Waals surface area contributed by atoms with E-state index in [1.165, 1.54) is 30.9 Å². The second kappa shape index (κ2) is 9.74. The van der Waals surface area contributed by atoms with Gasteiger partial charge in [0.25, 0.3) is 0 Å². The van der Waals surface area contributed by atoms with Crippen molar-refractivity contribution in [2.45, 2.75) is 65.3 Å². The Morgan fingerprint density at radius 1 is 1.40 bits per heavy atom. The summed E-state index contributed by atoms with van der Waals surface area (Å²) in [5.74, 6) is 0.950. The van der Waals surface area contributed by atoms with Crippen LogP contribution in [0.15, 0.2) is 48.2 Å². The first kappa shape index (κ1) is 21.8. The van der Waals surface area contributed by atoms with E-state index in [2.05, 4.69) is 41.7 Å². The van der Waals surface area contributed by atoms with Crippen LogP contribution in [0.25, 0.3) is 5.65 Å². The van der Waals surface area contributed by atoms with Crippen LogP contribution in [0.5, 0.6) is 0 Å². The van der Waals surface area contributed by atoms with Crippen LogP contribution < -0.4 is 10.6 Å². The third kappa shape index (κ3) is 4.48. The van der Waals surface area contributed by atoms with Gasteiger partial charge in [-0.1, -0.05) is 44.6 Å². The Labute approximate surface area is 179 Å². The number of rotatable bonds is 9. The van der Waals surface area contributed by atoms with E-state index in [-0.39, 0.29) is 17.6 Å². The number of anilines is 2. The first-order chi connectivity index (χ1) is 14.5. The largest absolute Gasteiger partial charge is 0.382 e. The normalized spacial score (nSPS) is 17.4. The van der Waals surface area contributed by atoms with Gasteiger partial charge in [0.15, 0.2) is 17.2 Å². The van der Waals surface area contributed by atoms with Gasteiger partial charge in [0.2, 0.25) is 0 Å². The van der Waals surface area contributed by atoms with Gasteiger partial charge in [-0.15, -0.1) is 5.10 Å². The van der Waals surface area contributed by atoms with Crippen LogP contribution in [-0.2, 0) is 0 Å². The fraction of sp³-hybridized carbons (Fsp3) is 0.458. The molecule has 3 heterocycles. The molecule has 2 N–H and O–H groups in total.